The molecule has 1 amide bonds. The lowest BCUT2D eigenvalue weighted by Gasteiger charge is -2.26. The van der Waals surface area contributed by atoms with E-state index in [1.807, 2.05) is 48.7 Å². The van der Waals surface area contributed by atoms with Crippen LogP contribution in [0.3, 0.4) is 0 Å². The minimum atomic E-state index is -0.141. The van der Waals surface area contributed by atoms with E-state index < -0.39 is 0 Å². The molecule has 4 heterocycles. The Morgan fingerprint density at radius 3 is 2.82 bits per heavy atom. The SMILES string of the molecule is COc1cc(C2CC(=O)Nc3c2cnn3-c2nc3ccccc3s2)ccc1OC1CCOCC1. The number of nitrogens with one attached hydrogen (secondary N) is 1. The number of hydrogen-bond donors (Lipinski definition) is 1. The Kier molecular flexibility index (Phi) is 5.43. The number of carbonyl (C=O) groups excluding carboxylic acids is 1. The predicted octanol–water partition coefficient (Wildman–Crippen LogP) is 4.52. The minimum absolute atomic E-state index is 0.0538. The van der Waals surface area contributed by atoms with Gasteiger partial charge in [0.05, 0.1) is 36.7 Å². The number of anilines is 1. The highest BCUT2D eigenvalue weighted by atomic mass is 32.1. The monoisotopic (exact) mass is 476 g/mol. The van der Waals surface area contributed by atoms with E-state index in [-0.39, 0.29) is 17.9 Å². The summed E-state index contributed by atoms with van der Waals surface area (Å²) in [6.45, 7) is 1.42. The van der Waals surface area contributed by atoms with Crippen LogP contribution in [-0.2, 0) is 9.53 Å². The molecule has 1 saturated heterocycles. The number of carbonyl (C=O) groups is 1. The fraction of sp³-hybridized carbons (Fsp3) is 0.320. The van der Waals surface area contributed by atoms with Crippen LogP contribution in [0, 0.1) is 0 Å². The number of amides is 1. The summed E-state index contributed by atoms with van der Waals surface area (Å²) < 4.78 is 20.1. The van der Waals surface area contributed by atoms with Gasteiger partial charge in [0.2, 0.25) is 11.0 Å². The molecule has 0 spiro atoms. The lowest BCUT2D eigenvalue weighted by Crippen LogP contribution is -2.26. The van der Waals surface area contributed by atoms with Crippen LogP contribution in [0.5, 0.6) is 11.5 Å². The maximum absolute atomic E-state index is 12.7. The van der Waals surface area contributed by atoms with Crippen molar-refractivity contribution in [2.75, 3.05) is 25.6 Å². The van der Waals surface area contributed by atoms with Gasteiger partial charge in [-0.15, -0.1) is 0 Å². The fourth-order valence-electron chi connectivity index (χ4n) is 4.58. The van der Waals surface area contributed by atoms with Gasteiger partial charge in [0.1, 0.15) is 11.9 Å². The summed E-state index contributed by atoms with van der Waals surface area (Å²) in [4.78, 5) is 17.4. The standard InChI is InChI=1S/C25H24N4O4S/c1-31-21-12-15(6-7-20(21)33-16-8-10-32-11-9-16)17-13-23(30)28-24-18(17)14-26-29(24)25-27-19-4-2-3-5-22(19)34-25/h2-7,12,14,16-17H,8-11,13H2,1H3,(H,28,30). The molecule has 9 heteroatoms. The Bertz CT molecular complexity index is 1330. The number of benzene rings is 2. The molecule has 2 aromatic carbocycles. The van der Waals surface area contributed by atoms with Crippen LogP contribution < -0.4 is 14.8 Å². The molecule has 0 bridgehead atoms. The summed E-state index contributed by atoms with van der Waals surface area (Å²) in [7, 11) is 1.64. The van der Waals surface area contributed by atoms with Crippen LogP contribution in [0.15, 0.2) is 48.7 Å². The average Bonchev–Trinajstić information content (AvgIpc) is 3.48. The molecule has 0 radical (unpaired) electrons. The van der Waals surface area contributed by atoms with Crippen molar-refractivity contribution in [2.45, 2.75) is 31.3 Å². The van der Waals surface area contributed by atoms with E-state index >= 15 is 0 Å². The maximum atomic E-state index is 12.7. The van der Waals surface area contributed by atoms with Gasteiger partial charge in [0.25, 0.3) is 0 Å². The second-order valence-corrected chi connectivity index (χ2v) is 9.48. The van der Waals surface area contributed by atoms with Crippen LogP contribution in [0.1, 0.15) is 36.3 Å². The van der Waals surface area contributed by atoms with Crippen LogP contribution in [0.4, 0.5) is 5.82 Å². The van der Waals surface area contributed by atoms with Gasteiger partial charge in [-0.2, -0.15) is 9.78 Å². The summed E-state index contributed by atoms with van der Waals surface area (Å²) in [5, 5.41) is 8.32. The molecule has 1 N–H and O–H groups in total. The molecule has 2 aliphatic rings. The summed E-state index contributed by atoms with van der Waals surface area (Å²) in [6, 6.07) is 13.9. The average molecular weight is 477 g/mol. The number of para-hydroxylation sites is 1. The normalized spacial score (nSPS) is 18.5. The van der Waals surface area contributed by atoms with E-state index in [0.717, 1.165) is 39.3 Å². The van der Waals surface area contributed by atoms with Crippen molar-refractivity contribution in [2.24, 2.45) is 0 Å². The predicted molar refractivity (Wildman–Crippen MR) is 129 cm³/mol. The van der Waals surface area contributed by atoms with Crippen molar-refractivity contribution in [3.63, 3.8) is 0 Å². The topological polar surface area (TPSA) is 87.5 Å². The number of nitrogens with zero attached hydrogens (tertiary/aromatic N) is 3. The first-order valence-corrected chi connectivity index (χ1v) is 12.2. The molecule has 34 heavy (non-hydrogen) atoms. The van der Waals surface area contributed by atoms with Gasteiger partial charge in [-0.05, 0) is 29.8 Å². The Morgan fingerprint density at radius 2 is 2.00 bits per heavy atom. The van der Waals surface area contributed by atoms with Gasteiger partial charge in [-0.1, -0.05) is 29.5 Å². The maximum Gasteiger partial charge on any atom is 0.226 e. The van der Waals surface area contributed by atoms with Crippen LogP contribution in [-0.4, -0.2) is 47.1 Å². The van der Waals surface area contributed by atoms with Gasteiger partial charge < -0.3 is 19.5 Å². The van der Waals surface area contributed by atoms with Gasteiger partial charge in [0.15, 0.2) is 11.5 Å². The molecular weight excluding hydrogens is 452 g/mol. The van der Waals surface area contributed by atoms with E-state index in [1.54, 1.807) is 23.1 Å². The number of aromatic nitrogens is 3. The van der Waals surface area contributed by atoms with Crippen LogP contribution in [0.25, 0.3) is 15.3 Å². The summed E-state index contributed by atoms with van der Waals surface area (Å²) >= 11 is 1.54. The first-order valence-electron chi connectivity index (χ1n) is 11.4. The number of rotatable bonds is 5. The summed E-state index contributed by atoms with van der Waals surface area (Å²) in [5.41, 5.74) is 2.85. The number of methoxy groups -OCH3 is 1. The summed E-state index contributed by atoms with van der Waals surface area (Å²) in [5.74, 6) is 1.85. The van der Waals surface area contributed by atoms with E-state index in [9.17, 15) is 4.79 Å². The molecule has 0 aliphatic carbocycles. The molecule has 1 unspecified atom stereocenters. The second-order valence-electron chi connectivity index (χ2n) is 8.47. The van der Waals surface area contributed by atoms with Crippen molar-refractivity contribution >= 4 is 33.3 Å². The quantitative estimate of drug-likeness (QED) is 0.456. The van der Waals surface area contributed by atoms with Gasteiger partial charge in [0, 0.05) is 30.7 Å². The molecular formula is C25H24N4O4S. The van der Waals surface area contributed by atoms with Gasteiger partial charge in [-0.3, -0.25) is 4.79 Å². The molecule has 2 aliphatic heterocycles. The Labute approximate surface area is 200 Å². The lowest BCUT2D eigenvalue weighted by atomic mass is 9.87. The molecule has 1 atom stereocenters. The number of hydrogen-bond acceptors (Lipinski definition) is 7. The molecule has 1 fully saturated rings. The van der Waals surface area contributed by atoms with E-state index in [1.165, 1.54) is 0 Å². The molecule has 0 saturated carbocycles. The largest absolute Gasteiger partial charge is 0.493 e. The second kappa shape index (κ2) is 8.73. The highest BCUT2D eigenvalue weighted by Gasteiger charge is 2.32. The van der Waals surface area contributed by atoms with Crippen molar-refractivity contribution < 1.29 is 19.0 Å². The van der Waals surface area contributed by atoms with Crippen LogP contribution in [0.2, 0.25) is 0 Å². The minimum Gasteiger partial charge on any atom is -0.493 e. The lowest BCUT2D eigenvalue weighted by molar-refractivity contribution is -0.116. The van der Waals surface area contributed by atoms with Crippen LogP contribution >= 0.6 is 11.3 Å². The molecule has 8 nitrogen and oxygen atoms in total. The van der Waals surface area contributed by atoms with Crippen molar-refractivity contribution in [1.82, 2.24) is 14.8 Å². The van der Waals surface area contributed by atoms with Gasteiger partial charge in [-0.25, -0.2) is 4.98 Å². The highest BCUT2D eigenvalue weighted by molar-refractivity contribution is 7.20. The van der Waals surface area contributed by atoms with Crippen molar-refractivity contribution in [1.29, 1.82) is 0 Å². The zero-order valence-electron chi connectivity index (χ0n) is 18.7. The first-order chi connectivity index (χ1) is 16.7. The van der Waals surface area contributed by atoms with E-state index in [2.05, 4.69) is 10.4 Å². The number of thiazole rings is 1. The molecule has 174 valence electrons. The molecule has 6 rings (SSSR count). The summed E-state index contributed by atoms with van der Waals surface area (Å²) in [6.07, 6.45) is 4.00. The van der Waals surface area contributed by atoms with E-state index in [4.69, 9.17) is 19.2 Å². The third-order valence-corrected chi connectivity index (χ3v) is 7.35. The molecule has 2 aromatic heterocycles. The van der Waals surface area contributed by atoms with Crippen molar-refractivity contribution in [3.8, 4) is 16.6 Å². The Balaban J connectivity index is 1.34. The number of ether oxygens (including phenoxy) is 3. The fourth-order valence-corrected chi connectivity index (χ4v) is 5.51. The first kappa shape index (κ1) is 21.1. The molecule has 4 aromatic rings. The Morgan fingerprint density at radius 1 is 1.15 bits per heavy atom. The zero-order chi connectivity index (χ0) is 23.1. The zero-order valence-corrected chi connectivity index (χ0v) is 19.5. The Hall–Kier alpha value is -3.43. The smallest absolute Gasteiger partial charge is 0.226 e. The van der Waals surface area contributed by atoms with Gasteiger partial charge >= 0.3 is 0 Å². The van der Waals surface area contributed by atoms with E-state index in [0.29, 0.717) is 37.0 Å². The third kappa shape index (κ3) is 3.80. The highest BCUT2D eigenvalue weighted by Crippen LogP contribution is 2.41. The third-order valence-electron chi connectivity index (χ3n) is 6.34. The number of fused-ring (bicyclic) bond motifs is 2. The van der Waals surface area contributed by atoms with Crippen molar-refractivity contribution in [3.05, 3.63) is 59.8 Å².